The van der Waals surface area contributed by atoms with Crippen LogP contribution in [0.15, 0.2) is 30.5 Å². The van der Waals surface area contributed by atoms with Crippen molar-refractivity contribution in [3.8, 4) is 10.6 Å². The van der Waals surface area contributed by atoms with E-state index in [0.29, 0.717) is 24.6 Å². The van der Waals surface area contributed by atoms with Crippen LogP contribution < -0.4 is 5.32 Å². The van der Waals surface area contributed by atoms with E-state index in [0.717, 1.165) is 11.3 Å². The lowest BCUT2D eigenvalue weighted by Crippen LogP contribution is -2.40. The first-order chi connectivity index (χ1) is 12.8. The first kappa shape index (κ1) is 19.6. The molecular weight excluding hydrogens is 358 g/mol. The van der Waals surface area contributed by atoms with Gasteiger partial charge in [0.25, 0.3) is 5.91 Å². The summed E-state index contributed by atoms with van der Waals surface area (Å²) >= 11 is 1.65. The predicted octanol–water partition coefficient (Wildman–Crippen LogP) is 4.99. The van der Waals surface area contributed by atoms with Crippen LogP contribution in [0.25, 0.3) is 20.7 Å². The van der Waals surface area contributed by atoms with E-state index >= 15 is 0 Å². The van der Waals surface area contributed by atoms with E-state index in [1.165, 1.54) is 15.6 Å². The molecule has 0 unspecified atom stereocenters. The van der Waals surface area contributed by atoms with Crippen molar-refractivity contribution >= 4 is 27.3 Å². The maximum absolute atomic E-state index is 12.9. The lowest BCUT2D eigenvalue weighted by Gasteiger charge is -2.20. The van der Waals surface area contributed by atoms with Gasteiger partial charge in [0.15, 0.2) is 0 Å². The molecule has 3 rings (SSSR count). The number of carbonyl (C=O) groups is 1. The van der Waals surface area contributed by atoms with Gasteiger partial charge in [0, 0.05) is 23.0 Å². The molecule has 0 fully saturated rings. The first-order valence-corrected chi connectivity index (χ1v) is 10.1. The zero-order chi connectivity index (χ0) is 19.6. The lowest BCUT2D eigenvalue weighted by atomic mass is 10.1. The molecule has 0 spiro atoms. The highest BCUT2D eigenvalue weighted by Crippen LogP contribution is 2.35. The number of fused-ring (bicyclic) bond motifs is 1. The van der Waals surface area contributed by atoms with Crippen LogP contribution in [-0.2, 0) is 11.5 Å². The molecule has 1 amide bonds. The summed E-state index contributed by atoms with van der Waals surface area (Å²) in [5, 5.41) is 8.88. The Hall–Kier alpha value is -2.18. The maximum atomic E-state index is 12.9. The molecule has 0 saturated heterocycles. The van der Waals surface area contributed by atoms with Crippen molar-refractivity contribution in [2.45, 2.75) is 53.3 Å². The van der Waals surface area contributed by atoms with Gasteiger partial charge in [-0.15, -0.1) is 11.3 Å². The van der Waals surface area contributed by atoms with E-state index < -0.39 is 0 Å². The molecule has 2 aromatic heterocycles. The van der Waals surface area contributed by atoms with Gasteiger partial charge in [0.2, 0.25) is 0 Å². The summed E-state index contributed by atoms with van der Waals surface area (Å²) in [7, 11) is 0. The fraction of sp³-hybridized carbons (Fsp3) is 0.429. The van der Waals surface area contributed by atoms with Crippen LogP contribution >= 0.6 is 11.3 Å². The fourth-order valence-corrected chi connectivity index (χ4v) is 3.87. The largest absolute Gasteiger partial charge is 0.359 e. The zero-order valence-electron chi connectivity index (χ0n) is 16.6. The van der Waals surface area contributed by atoms with Gasteiger partial charge in [-0.05, 0) is 51.6 Å². The number of hydrogen-bond acceptors (Lipinski definition) is 4. The molecule has 0 bridgehead atoms. The summed E-state index contributed by atoms with van der Waals surface area (Å²) in [6.07, 6.45) is 2.73. The van der Waals surface area contributed by atoms with Crippen LogP contribution in [0.2, 0.25) is 0 Å². The van der Waals surface area contributed by atoms with Crippen LogP contribution in [0.5, 0.6) is 0 Å². The Bertz CT molecular complexity index is 950. The molecular formula is C21H27N3O2S. The van der Waals surface area contributed by atoms with E-state index in [-0.39, 0.29) is 11.4 Å². The summed E-state index contributed by atoms with van der Waals surface area (Å²) in [6.45, 7) is 11.1. The number of benzene rings is 1. The number of nitrogens with zero attached hydrogens (tertiary/aromatic N) is 2. The normalized spacial score (nSPS) is 11.9. The minimum Gasteiger partial charge on any atom is -0.359 e. The number of ether oxygens (including phenoxy) is 1. The van der Waals surface area contributed by atoms with Crippen LogP contribution in [-0.4, -0.2) is 27.8 Å². The summed E-state index contributed by atoms with van der Waals surface area (Å²) < 4.78 is 8.50. The molecule has 144 valence electrons. The highest BCUT2D eigenvalue weighted by molar-refractivity contribution is 7.22. The van der Waals surface area contributed by atoms with E-state index in [1.807, 2.05) is 20.8 Å². The van der Waals surface area contributed by atoms with Gasteiger partial charge in [-0.1, -0.05) is 24.6 Å². The third-order valence-corrected chi connectivity index (χ3v) is 5.09. The number of carbonyl (C=O) groups excluding carboxylic acids is 1. The molecule has 0 saturated carbocycles. The summed E-state index contributed by atoms with van der Waals surface area (Å²) in [6, 6.07) is 8.49. The highest BCUT2D eigenvalue weighted by atomic mass is 32.1. The smallest absolute Gasteiger partial charge is 0.255 e. The van der Waals surface area contributed by atoms with E-state index in [2.05, 4.69) is 48.5 Å². The minimum absolute atomic E-state index is 0.118. The number of nitrogens with one attached hydrogen (secondary N) is 1. The quantitative estimate of drug-likeness (QED) is 0.609. The summed E-state index contributed by atoms with van der Waals surface area (Å²) in [5.41, 5.74) is 2.19. The number of hydrogen-bond donors (Lipinski definition) is 1. The van der Waals surface area contributed by atoms with E-state index in [1.54, 1.807) is 22.2 Å². The maximum Gasteiger partial charge on any atom is 0.255 e. The van der Waals surface area contributed by atoms with Gasteiger partial charge in [-0.25, -0.2) is 4.68 Å². The topological polar surface area (TPSA) is 56.1 Å². The molecule has 2 heterocycles. The van der Waals surface area contributed by atoms with Crippen molar-refractivity contribution < 1.29 is 9.53 Å². The molecule has 3 aromatic rings. The van der Waals surface area contributed by atoms with Crippen molar-refractivity contribution in [1.29, 1.82) is 0 Å². The van der Waals surface area contributed by atoms with Gasteiger partial charge in [0.1, 0.15) is 12.4 Å². The van der Waals surface area contributed by atoms with Crippen LogP contribution in [0.4, 0.5) is 0 Å². The van der Waals surface area contributed by atoms with Crippen molar-refractivity contribution in [2.24, 2.45) is 0 Å². The Balaban J connectivity index is 2.00. The first-order valence-electron chi connectivity index (χ1n) is 9.25. The monoisotopic (exact) mass is 385 g/mol. The third kappa shape index (κ3) is 4.76. The Morgan fingerprint density at radius 3 is 2.78 bits per heavy atom. The number of aromatic nitrogens is 2. The average Bonchev–Trinajstić information content (AvgIpc) is 3.16. The zero-order valence-corrected chi connectivity index (χ0v) is 17.4. The number of thiophene rings is 1. The van der Waals surface area contributed by atoms with E-state index in [4.69, 9.17) is 4.74 Å². The molecule has 5 nitrogen and oxygen atoms in total. The Labute approximate surface area is 164 Å². The molecule has 1 N–H and O–H groups in total. The molecule has 0 radical (unpaired) electrons. The molecule has 6 heteroatoms. The van der Waals surface area contributed by atoms with Crippen molar-refractivity contribution in [2.75, 3.05) is 6.61 Å². The fourth-order valence-electron chi connectivity index (χ4n) is 2.83. The second kappa shape index (κ2) is 7.82. The second-order valence-corrected chi connectivity index (χ2v) is 8.91. The van der Waals surface area contributed by atoms with Crippen LogP contribution in [0, 0.1) is 6.92 Å². The molecule has 27 heavy (non-hydrogen) atoms. The van der Waals surface area contributed by atoms with Crippen molar-refractivity contribution in [3.63, 3.8) is 0 Å². The molecule has 0 aliphatic rings. The second-order valence-electron chi connectivity index (χ2n) is 7.82. The van der Waals surface area contributed by atoms with Crippen LogP contribution in [0.1, 0.15) is 50.0 Å². The minimum atomic E-state index is -0.313. The Morgan fingerprint density at radius 2 is 2.07 bits per heavy atom. The Kier molecular flexibility index (Phi) is 5.67. The Morgan fingerprint density at radius 1 is 1.30 bits per heavy atom. The summed E-state index contributed by atoms with van der Waals surface area (Å²) in [4.78, 5) is 13.9. The van der Waals surface area contributed by atoms with Crippen molar-refractivity contribution in [1.82, 2.24) is 15.1 Å². The SMILES string of the molecule is CCCOCn1cc(C(=O)NC(C)(C)C)c(-c2cc3cc(C)ccc3s2)n1. The standard InChI is InChI=1S/C21H27N3O2S/c1-6-9-26-13-24-12-16(20(25)22-21(3,4)5)19(23-24)18-11-15-10-14(2)7-8-17(15)27-18/h7-8,10-12H,6,9,13H2,1-5H3,(H,22,25). The molecule has 0 aliphatic carbocycles. The average molecular weight is 386 g/mol. The highest BCUT2D eigenvalue weighted by Gasteiger charge is 2.23. The van der Waals surface area contributed by atoms with Gasteiger partial charge >= 0.3 is 0 Å². The lowest BCUT2D eigenvalue weighted by molar-refractivity contribution is 0.0693. The van der Waals surface area contributed by atoms with Crippen LogP contribution in [0.3, 0.4) is 0 Å². The summed E-state index contributed by atoms with van der Waals surface area (Å²) in [5.74, 6) is -0.118. The number of rotatable bonds is 6. The number of aryl methyl sites for hydroxylation is 1. The molecule has 1 aromatic carbocycles. The molecule has 0 atom stereocenters. The predicted molar refractivity (Wildman–Crippen MR) is 111 cm³/mol. The van der Waals surface area contributed by atoms with Gasteiger partial charge in [0.05, 0.1) is 10.4 Å². The number of amides is 1. The van der Waals surface area contributed by atoms with Gasteiger partial charge in [-0.2, -0.15) is 5.10 Å². The van der Waals surface area contributed by atoms with Gasteiger partial charge in [-0.3, -0.25) is 4.79 Å². The third-order valence-electron chi connectivity index (χ3n) is 3.97. The van der Waals surface area contributed by atoms with E-state index in [9.17, 15) is 4.79 Å². The van der Waals surface area contributed by atoms with Gasteiger partial charge < -0.3 is 10.1 Å². The van der Waals surface area contributed by atoms with Crippen molar-refractivity contribution in [3.05, 3.63) is 41.6 Å². The molecule has 0 aliphatic heterocycles.